The maximum absolute atomic E-state index is 10.5. The Labute approximate surface area is 99.9 Å². The second-order valence-electron chi connectivity index (χ2n) is 2.50. The maximum Gasteiger partial charge on any atom is 0.209 e. The Hall–Kier alpha value is 0.350. The number of aldehydes is 1. The minimum absolute atomic E-state index is 0.289. The van der Waals surface area contributed by atoms with Gasteiger partial charge in [-0.25, -0.2) is 0 Å². The van der Waals surface area contributed by atoms with Gasteiger partial charge in [0.1, 0.15) is 12.0 Å². The Morgan fingerprint density at radius 2 is 2.08 bits per heavy atom. The molecule has 0 saturated carbocycles. The molecule has 0 heterocycles. The number of carbonyl (C=O) groups is 1. The van der Waals surface area contributed by atoms with Crippen LogP contribution in [0.4, 0.5) is 0 Å². The molecule has 2 atom stereocenters. The molecular weight excluding hydrogens is 372 g/mol. The van der Waals surface area contributed by atoms with Crippen molar-refractivity contribution in [2.75, 3.05) is 0 Å². The van der Waals surface area contributed by atoms with Gasteiger partial charge in [-0.05, 0) is 22.0 Å². The van der Waals surface area contributed by atoms with Gasteiger partial charge in [-0.2, -0.15) is 0 Å². The predicted molar refractivity (Wildman–Crippen MR) is 59.0 cm³/mol. The van der Waals surface area contributed by atoms with Crippen molar-refractivity contribution in [1.29, 1.82) is 0 Å². The van der Waals surface area contributed by atoms with Crippen molar-refractivity contribution in [2.45, 2.75) is 4.51 Å². The molecule has 2 unspecified atom stereocenters. The van der Waals surface area contributed by atoms with Gasteiger partial charge in [-0.1, -0.05) is 31.9 Å². The number of aliphatic hydroxyl groups is 2. The molecule has 0 spiro atoms. The van der Waals surface area contributed by atoms with Crippen LogP contribution in [-0.4, -0.2) is 21.0 Å². The van der Waals surface area contributed by atoms with Crippen molar-refractivity contribution in [1.82, 2.24) is 0 Å². The van der Waals surface area contributed by atoms with E-state index in [1.165, 1.54) is 6.08 Å². The van der Waals surface area contributed by atoms with Crippen molar-refractivity contribution in [3.8, 4) is 0 Å². The van der Waals surface area contributed by atoms with Gasteiger partial charge in [0.2, 0.25) is 4.51 Å². The molecular formula is C7H5Br3O3. The van der Waals surface area contributed by atoms with Crippen LogP contribution in [-0.2, 0) is 4.79 Å². The molecule has 1 aliphatic carbocycles. The quantitative estimate of drug-likeness (QED) is 0.545. The topological polar surface area (TPSA) is 57.5 Å². The Balaban J connectivity index is 3.20. The molecule has 0 aromatic carbocycles. The fraction of sp³-hybridized carbons (Fsp3) is 0.286. The van der Waals surface area contributed by atoms with Crippen LogP contribution in [0, 0.1) is 5.92 Å². The molecule has 6 heteroatoms. The van der Waals surface area contributed by atoms with E-state index in [1.54, 1.807) is 0 Å². The van der Waals surface area contributed by atoms with E-state index in [9.17, 15) is 15.0 Å². The van der Waals surface area contributed by atoms with Crippen molar-refractivity contribution in [3.05, 3.63) is 20.8 Å². The number of halogens is 3. The predicted octanol–water partition coefficient (Wildman–Crippen LogP) is 2.34. The third-order valence-corrected chi connectivity index (χ3v) is 5.41. The zero-order chi connectivity index (χ0) is 10.2. The van der Waals surface area contributed by atoms with Crippen molar-refractivity contribution in [3.63, 3.8) is 0 Å². The van der Waals surface area contributed by atoms with E-state index in [0.717, 1.165) is 0 Å². The number of carbonyl (C=O) groups excluding carboxylic acids is 1. The maximum atomic E-state index is 10.5. The molecule has 0 radical (unpaired) electrons. The summed E-state index contributed by atoms with van der Waals surface area (Å²) < 4.78 is -0.859. The molecule has 0 aliphatic heterocycles. The summed E-state index contributed by atoms with van der Waals surface area (Å²) in [6.45, 7) is 0. The number of hydrogen-bond donors (Lipinski definition) is 2. The van der Waals surface area contributed by atoms with Gasteiger partial charge in [-0.15, -0.1) is 0 Å². The molecule has 72 valence electrons. The van der Waals surface area contributed by atoms with Crippen LogP contribution in [0.5, 0.6) is 0 Å². The average Bonchev–Trinajstić information content (AvgIpc) is 2.09. The van der Waals surface area contributed by atoms with E-state index in [-0.39, 0.29) is 10.2 Å². The third-order valence-electron chi connectivity index (χ3n) is 1.62. The van der Waals surface area contributed by atoms with Crippen LogP contribution in [0.25, 0.3) is 0 Å². The molecule has 0 aromatic rings. The number of rotatable bonds is 1. The number of hydrogen-bond acceptors (Lipinski definition) is 3. The van der Waals surface area contributed by atoms with Crippen molar-refractivity contribution >= 4 is 54.1 Å². The lowest BCUT2D eigenvalue weighted by Crippen LogP contribution is -2.29. The first-order valence-electron chi connectivity index (χ1n) is 3.24. The fourth-order valence-corrected chi connectivity index (χ4v) is 2.48. The Morgan fingerprint density at radius 3 is 2.54 bits per heavy atom. The summed E-state index contributed by atoms with van der Waals surface area (Å²) in [7, 11) is 0. The highest BCUT2D eigenvalue weighted by Crippen LogP contribution is 2.44. The highest BCUT2D eigenvalue weighted by atomic mass is 79.9. The van der Waals surface area contributed by atoms with Crippen molar-refractivity contribution < 1.29 is 15.0 Å². The largest absolute Gasteiger partial charge is 0.508 e. The van der Waals surface area contributed by atoms with Gasteiger partial charge >= 0.3 is 0 Å². The fourth-order valence-electron chi connectivity index (χ4n) is 0.870. The third kappa shape index (κ3) is 1.91. The highest BCUT2D eigenvalue weighted by Gasteiger charge is 2.39. The monoisotopic (exact) mass is 374 g/mol. The normalized spacial score (nSPS) is 34.5. The van der Waals surface area contributed by atoms with E-state index in [4.69, 9.17) is 0 Å². The molecule has 1 aliphatic rings. The van der Waals surface area contributed by atoms with Gasteiger partial charge in [0.05, 0.1) is 10.4 Å². The van der Waals surface area contributed by atoms with Gasteiger partial charge in [-0.3, -0.25) is 0 Å². The average molecular weight is 377 g/mol. The molecule has 1 rings (SSSR count). The molecule has 0 saturated heterocycles. The van der Waals surface area contributed by atoms with Gasteiger partial charge in [0.25, 0.3) is 0 Å². The Bertz CT molecular complexity index is 306. The number of alkyl halides is 1. The number of allylic oxidation sites excluding steroid dienone is 2. The Morgan fingerprint density at radius 1 is 1.54 bits per heavy atom. The molecule has 0 bridgehead atoms. The molecule has 2 N–H and O–H groups in total. The lowest BCUT2D eigenvalue weighted by Gasteiger charge is -2.27. The zero-order valence-corrected chi connectivity index (χ0v) is 10.9. The van der Waals surface area contributed by atoms with Gasteiger partial charge in [0, 0.05) is 4.48 Å². The summed E-state index contributed by atoms with van der Waals surface area (Å²) in [4.78, 5) is 10.5. The van der Waals surface area contributed by atoms with Gasteiger partial charge < -0.3 is 15.0 Å². The van der Waals surface area contributed by atoms with Crippen molar-refractivity contribution in [2.24, 2.45) is 5.92 Å². The summed E-state index contributed by atoms with van der Waals surface area (Å²) in [5.41, 5.74) is 0. The lowest BCUT2D eigenvalue weighted by atomic mass is 10.0. The van der Waals surface area contributed by atoms with E-state index in [0.29, 0.717) is 10.8 Å². The molecule has 0 fully saturated rings. The summed E-state index contributed by atoms with van der Waals surface area (Å²) in [5, 5.41) is 19.0. The smallest absolute Gasteiger partial charge is 0.209 e. The zero-order valence-electron chi connectivity index (χ0n) is 6.17. The van der Waals surface area contributed by atoms with E-state index in [2.05, 4.69) is 47.8 Å². The summed E-state index contributed by atoms with van der Waals surface area (Å²) in [6.07, 6.45) is 1.92. The highest BCUT2D eigenvalue weighted by molar-refractivity contribution is 9.15. The van der Waals surface area contributed by atoms with Crippen LogP contribution < -0.4 is 0 Å². The minimum Gasteiger partial charge on any atom is -0.508 e. The minimum atomic E-state index is -1.63. The van der Waals surface area contributed by atoms with Crippen LogP contribution >= 0.6 is 47.8 Å². The van der Waals surface area contributed by atoms with E-state index in [1.807, 2.05) is 0 Å². The molecule has 0 amide bonds. The molecule has 13 heavy (non-hydrogen) atoms. The second kappa shape index (κ2) is 3.84. The van der Waals surface area contributed by atoms with Crippen LogP contribution in [0.3, 0.4) is 0 Å². The standard InChI is InChI=1S/C7H5Br3O3/c8-5-3(2-11)1-4(12)7(10,13)6(5)9/h1-3,12-13H. The van der Waals surface area contributed by atoms with E-state index >= 15 is 0 Å². The lowest BCUT2D eigenvalue weighted by molar-refractivity contribution is -0.109. The molecule has 3 nitrogen and oxygen atoms in total. The second-order valence-corrected chi connectivity index (χ2v) is 5.29. The van der Waals surface area contributed by atoms with Crippen LogP contribution in [0.15, 0.2) is 20.8 Å². The summed E-state index contributed by atoms with van der Waals surface area (Å²) in [6, 6.07) is 0. The Kier molecular flexibility index (Phi) is 3.38. The first-order valence-corrected chi connectivity index (χ1v) is 5.62. The van der Waals surface area contributed by atoms with Crippen LogP contribution in [0.1, 0.15) is 0 Å². The van der Waals surface area contributed by atoms with Crippen LogP contribution in [0.2, 0.25) is 0 Å². The first kappa shape index (κ1) is 11.4. The molecule has 0 aromatic heterocycles. The van der Waals surface area contributed by atoms with E-state index < -0.39 is 10.4 Å². The number of aliphatic hydroxyl groups excluding tert-OH is 1. The SMILES string of the molecule is O=CC1C=C(O)C(O)(Br)C(Br)=C1Br. The first-order chi connectivity index (χ1) is 5.91. The summed E-state index contributed by atoms with van der Waals surface area (Å²) in [5.74, 6) is -0.869. The summed E-state index contributed by atoms with van der Waals surface area (Å²) >= 11 is 9.12. The van der Waals surface area contributed by atoms with Gasteiger partial charge in [0.15, 0.2) is 0 Å².